The molecule has 0 saturated heterocycles. The number of thiophene rings is 1. The van der Waals surface area contributed by atoms with Crippen LogP contribution in [0.2, 0.25) is 0 Å². The van der Waals surface area contributed by atoms with Gasteiger partial charge >= 0.3 is 0 Å². The van der Waals surface area contributed by atoms with E-state index in [2.05, 4.69) is 22.8 Å². The largest absolute Gasteiger partial charge is 0.496 e. The van der Waals surface area contributed by atoms with Crippen molar-refractivity contribution in [2.24, 2.45) is 0 Å². The van der Waals surface area contributed by atoms with Crippen molar-refractivity contribution in [3.05, 3.63) is 40.1 Å². The van der Waals surface area contributed by atoms with Crippen molar-refractivity contribution in [2.75, 3.05) is 28.4 Å². The number of benzene rings is 1. The molecule has 0 bridgehead atoms. The van der Waals surface area contributed by atoms with Crippen LogP contribution in [0.3, 0.4) is 0 Å². The molecule has 0 spiro atoms. The molecule has 1 heterocycles. The maximum atomic E-state index is 5.52. The summed E-state index contributed by atoms with van der Waals surface area (Å²) in [5, 5.41) is 5.44. The number of nitrogens with one attached hydrogen (secondary N) is 1. The first-order chi connectivity index (χ1) is 10.2. The Bertz CT molecular complexity index is 569. The van der Waals surface area contributed by atoms with Gasteiger partial charge < -0.3 is 19.5 Å². The Morgan fingerprint density at radius 2 is 1.71 bits per heavy atom. The van der Waals surface area contributed by atoms with Gasteiger partial charge in [-0.3, -0.25) is 0 Å². The third-order valence-corrected chi connectivity index (χ3v) is 4.34. The average molecular weight is 307 g/mol. The Kier molecular flexibility index (Phi) is 5.47. The van der Waals surface area contributed by atoms with E-state index in [-0.39, 0.29) is 6.04 Å². The molecule has 1 aromatic heterocycles. The topological polar surface area (TPSA) is 39.7 Å². The summed E-state index contributed by atoms with van der Waals surface area (Å²) in [6.45, 7) is 0. The van der Waals surface area contributed by atoms with E-state index in [9.17, 15) is 0 Å². The van der Waals surface area contributed by atoms with Crippen molar-refractivity contribution in [1.29, 1.82) is 0 Å². The lowest BCUT2D eigenvalue weighted by molar-refractivity contribution is 0.345. The molecule has 21 heavy (non-hydrogen) atoms. The smallest absolute Gasteiger partial charge is 0.164 e. The van der Waals surface area contributed by atoms with Gasteiger partial charge in [-0.15, -0.1) is 11.3 Å². The average Bonchev–Trinajstić information content (AvgIpc) is 3.04. The number of hydrogen-bond donors (Lipinski definition) is 1. The lowest BCUT2D eigenvalue weighted by Gasteiger charge is -2.21. The van der Waals surface area contributed by atoms with Crippen LogP contribution in [0.1, 0.15) is 16.5 Å². The van der Waals surface area contributed by atoms with Gasteiger partial charge in [0.05, 0.1) is 21.3 Å². The lowest BCUT2D eigenvalue weighted by Crippen LogP contribution is -2.19. The molecular formula is C16H21NO3S. The van der Waals surface area contributed by atoms with Gasteiger partial charge in [0.1, 0.15) is 5.75 Å². The third-order valence-electron chi connectivity index (χ3n) is 3.45. The molecule has 2 aromatic rings. The summed E-state index contributed by atoms with van der Waals surface area (Å²) in [6.07, 6.45) is 0.903. The molecule has 0 saturated carbocycles. The molecule has 0 amide bonds. The molecule has 1 aromatic carbocycles. The van der Waals surface area contributed by atoms with Crippen LogP contribution in [0.15, 0.2) is 29.6 Å². The molecule has 1 atom stereocenters. The Morgan fingerprint density at radius 3 is 2.24 bits per heavy atom. The number of hydrogen-bond acceptors (Lipinski definition) is 5. The second kappa shape index (κ2) is 7.33. The summed E-state index contributed by atoms with van der Waals surface area (Å²) in [5.74, 6) is 2.17. The van der Waals surface area contributed by atoms with Crippen molar-refractivity contribution in [2.45, 2.75) is 12.5 Å². The van der Waals surface area contributed by atoms with Crippen molar-refractivity contribution in [3.8, 4) is 17.2 Å². The summed E-state index contributed by atoms with van der Waals surface area (Å²) in [4.78, 5) is 1.33. The second-order valence-corrected chi connectivity index (χ2v) is 5.61. The minimum absolute atomic E-state index is 0.151. The standard InChI is InChI=1S/C16H21NO3S/c1-17-13(8-11-6-5-7-21-11)12-9-15(19-3)16(20-4)10-14(12)18-2/h5-7,9-10,13,17H,8H2,1-4H3. The first kappa shape index (κ1) is 15.7. The van der Waals surface area contributed by atoms with Gasteiger partial charge in [0.2, 0.25) is 0 Å². The fraction of sp³-hybridized carbons (Fsp3) is 0.375. The minimum Gasteiger partial charge on any atom is -0.496 e. The predicted octanol–water partition coefficient (Wildman–Crippen LogP) is 3.28. The van der Waals surface area contributed by atoms with E-state index in [1.807, 2.05) is 19.2 Å². The molecule has 0 aliphatic rings. The van der Waals surface area contributed by atoms with Gasteiger partial charge in [-0.05, 0) is 24.6 Å². The molecule has 4 nitrogen and oxygen atoms in total. The maximum absolute atomic E-state index is 5.52. The zero-order chi connectivity index (χ0) is 15.2. The molecule has 114 valence electrons. The van der Waals surface area contributed by atoms with Crippen LogP contribution in [-0.2, 0) is 6.42 Å². The van der Waals surface area contributed by atoms with Crippen LogP contribution in [0.25, 0.3) is 0 Å². The number of methoxy groups -OCH3 is 3. The normalized spacial score (nSPS) is 12.0. The lowest BCUT2D eigenvalue weighted by atomic mass is 10.0. The van der Waals surface area contributed by atoms with Gasteiger partial charge in [-0.1, -0.05) is 6.07 Å². The van der Waals surface area contributed by atoms with E-state index in [0.717, 1.165) is 17.7 Å². The van der Waals surface area contributed by atoms with Gasteiger partial charge in [0, 0.05) is 29.0 Å². The zero-order valence-electron chi connectivity index (χ0n) is 12.8. The SMILES string of the molecule is CNC(Cc1cccs1)c1cc(OC)c(OC)cc1OC. The fourth-order valence-corrected chi connectivity index (χ4v) is 3.07. The third kappa shape index (κ3) is 3.49. The summed E-state index contributed by atoms with van der Waals surface area (Å²) >= 11 is 1.76. The first-order valence-electron chi connectivity index (χ1n) is 6.73. The van der Waals surface area contributed by atoms with Crippen LogP contribution in [0.5, 0.6) is 17.2 Å². The molecule has 0 fully saturated rings. The number of rotatable bonds is 7. The van der Waals surface area contributed by atoms with E-state index >= 15 is 0 Å². The van der Waals surface area contributed by atoms with Crippen LogP contribution < -0.4 is 19.5 Å². The minimum atomic E-state index is 0.151. The van der Waals surface area contributed by atoms with E-state index in [4.69, 9.17) is 14.2 Å². The van der Waals surface area contributed by atoms with Gasteiger partial charge in [-0.25, -0.2) is 0 Å². The molecule has 2 rings (SSSR count). The van der Waals surface area contributed by atoms with Gasteiger partial charge in [0.25, 0.3) is 0 Å². The van der Waals surface area contributed by atoms with Crippen molar-refractivity contribution < 1.29 is 14.2 Å². The predicted molar refractivity (Wildman–Crippen MR) is 85.9 cm³/mol. The number of ether oxygens (including phenoxy) is 3. The van der Waals surface area contributed by atoms with Gasteiger partial charge in [0.15, 0.2) is 11.5 Å². The summed E-state index contributed by atoms with van der Waals surface area (Å²) in [5.41, 5.74) is 1.06. The Morgan fingerprint density at radius 1 is 1.05 bits per heavy atom. The summed E-state index contributed by atoms with van der Waals surface area (Å²) in [6, 6.07) is 8.21. The van der Waals surface area contributed by atoms with Gasteiger partial charge in [-0.2, -0.15) is 0 Å². The zero-order valence-corrected chi connectivity index (χ0v) is 13.6. The van der Waals surface area contributed by atoms with Crippen LogP contribution in [0.4, 0.5) is 0 Å². The highest BCUT2D eigenvalue weighted by Crippen LogP contribution is 2.38. The number of likely N-dealkylation sites (N-methyl/N-ethyl adjacent to an activating group) is 1. The van der Waals surface area contributed by atoms with E-state index in [1.54, 1.807) is 32.7 Å². The highest BCUT2D eigenvalue weighted by molar-refractivity contribution is 7.09. The molecule has 5 heteroatoms. The summed E-state index contributed by atoms with van der Waals surface area (Å²) < 4.78 is 16.2. The van der Waals surface area contributed by atoms with Crippen LogP contribution in [-0.4, -0.2) is 28.4 Å². The van der Waals surface area contributed by atoms with Crippen LogP contribution in [0, 0.1) is 0 Å². The van der Waals surface area contributed by atoms with E-state index < -0.39 is 0 Å². The second-order valence-electron chi connectivity index (χ2n) is 4.57. The molecular weight excluding hydrogens is 286 g/mol. The van der Waals surface area contributed by atoms with Crippen molar-refractivity contribution in [1.82, 2.24) is 5.32 Å². The molecule has 0 aliphatic heterocycles. The monoisotopic (exact) mass is 307 g/mol. The molecule has 1 N–H and O–H groups in total. The highest BCUT2D eigenvalue weighted by atomic mass is 32.1. The quantitative estimate of drug-likeness (QED) is 0.852. The first-order valence-corrected chi connectivity index (χ1v) is 7.61. The Balaban J connectivity index is 2.39. The molecule has 0 aliphatic carbocycles. The van der Waals surface area contributed by atoms with E-state index in [1.165, 1.54) is 4.88 Å². The Labute approximate surface area is 129 Å². The summed E-state index contributed by atoms with van der Waals surface area (Å²) in [7, 11) is 6.89. The van der Waals surface area contributed by atoms with Crippen LogP contribution >= 0.6 is 11.3 Å². The molecule has 0 radical (unpaired) electrons. The maximum Gasteiger partial charge on any atom is 0.164 e. The molecule has 1 unspecified atom stereocenters. The van der Waals surface area contributed by atoms with E-state index in [0.29, 0.717) is 11.5 Å². The fourth-order valence-electron chi connectivity index (χ4n) is 2.32. The van der Waals surface area contributed by atoms with Crippen molar-refractivity contribution in [3.63, 3.8) is 0 Å². The van der Waals surface area contributed by atoms with Crippen molar-refractivity contribution >= 4 is 11.3 Å². The Hall–Kier alpha value is -1.72. The highest BCUT2D eigenvalue weighted by Gasteiger charge is 2.19.